The third-order valence-electron chi connectivity index (χ3n) is 3.05. The Balaban J connectivity index is 1.77. The Labute approximate surface area is 125 Å². The Hall–Kier alpha value is -1.24. The summed E-state index contributed by atoms with van der Waals surface area (Å²) in [4.78, 5) is 10.0. The molecule has 20 heavy (non-hydrogen) atoms. The highest BCUT2D eigenvalue weighted by Gasteiger charge is 2.21. The van der Waals surface area contributed by atoms with Gasteiger partial charge in [0.25, 0.3) is 0 Å². The van der Waals surface area contributed by atoms with Gasteiger partial charge in [-0.1, -0.05) is 20.8 Å². The van der Waals surface area contributed by atoms with Crippen LogP contribution in [0.1, 0.15) is 43.3 Å². The number of rotatable bonds is 3. The van der Waals surface area contributed by atoms with Crippen LogP contribution in [0.3, 0.4) is 0 Å². The number of aliphatic hydroxyl groups excluding tert-OH is 1. The van der Waals surface area contributed by atoms with Crippen molar-refractivity contribution in [3.63, 3.8) is 0 Å². The molecular formula is C14H17N3OS2. The van der Waals surface area contributed by atoms with Crippen LogP contribution in [0.15, 0.2) is 23.2 Å². The van der Waals surface area contributed by atoms with Crippen LogP contribution < -0.4 is 0 Å². The van der Waals surface area contributed by atoms with Crippen LogP contribution in [0.2, 0.25) is 0 Å². The average molecular weight is 307 g/mol. The highest BCUT2D eigenvalue weighted by molar-refractivity contribution is 7.15. The zero-order chi connectivity index (χ0) is 14.3. The number of fused-ring (bicyclic) bond motifs is 1. The largest absolute Gasteiger partial charge is 0.386 e. The molecule has 0 radical (unpaired) electrons. The zero-order valence-electron chi connectivity index (χ0n) is 11.7. The summed E-state index contributed by atoms with van der Waals surface area (Å²) in [5.74, 6) is 0. The quantitative estimate of drug-likeness (QED) is 0.806. The van der Waals surface area contributed by atoms with Crippen molar-refractivity contribution in [3.05, 3.63) is 39.5 Å². The fourth-order valence-electron chi connectivity index (χ4n) is 1.96. The standard InChI is InChI=1S/C14H17N3OS2/c1-14(2,3)12-16-10(8-20-12)11(18)6-9-7-17-4-5-19-13(17)15-9/h4-5,7-8,11,18H,6H2,1-3H3. The van der Waals surface area contributed by atoms with E-state index in [1.54, 1.807) is 22.7 Å². The van der Waals surface area contributed by atoms with Crippen LogP contribution >= 0.6 is 22.7 Å². The normalized spacial score (nSPS) is 14.0. The second kappa shape index (κ2) is 4.95. The molecule has 3 aromatic heterocycles. The molecule has 106 valence electrons. The first-order chi connectivity index (χ1) is 9.43. The molecule has 3 aromatic rings. The molecule has 0 spiro atoms. The Kier molecular flexibility index (Phi) is 3.40. The summed E-state index contributed by atoms with van der Waals surface area (Å²) in [7, 11) is 0. The van der Waals surface area contributed by atoms with Gasteiger partial charge in [0, 0.05) is 35.0 Å². The molecule has 0 saturated heterocycles. The second-order valence-electron chi connectivity index (χ2n) is 5.87. The van der Waals surface area contributed by atoms with Gasteiger partial charge >= 0.3 is 0 Å². The van der Waals surface area contributed by atoms with Crippen molar-refractivity contribution >= 4 is 27.6 Å². The van der Waals surface area contributed by atoms with Crippen molar-refractivity contribution in [1.82, 2.24) is 14.4 Å². The van der Waals surface area contributed by atoms with Gasteiger partial charge < -0.3 is 5.11 Å². The van der Waals surface area contributed by atoms with Gasteiger partial charge in [0.15, 0.2) is 4.96 Å². The highest BCUT2D eigenvalue weighted by Crippen LogP contribution is 2.28. The number of hydrogen-bond donors (Lipinski definition) is 1. The van der Waals surface area contributed by atoms with Gasteiger partial charge in [0.1, 0.15) is 6.10 Å². The van der Waals surface area contributed by atoms with Gasteiger partial charge in [0.05, 0.1) is 16.4 Å². The molecule has 0 saturated carbocycles. The van der Waals surface area contributed by atoms with E-state index in [1.165, 1.54) is 0 Å². The lowest BCUT2D eigenvalue weighted by molar-refractivity contribution is 0.173. The Bertz CT molecular complexity index is 692. The molecule has 4 nitrogen and oxygen atoms in total. The van der Waals surface area contributed by atoms with Crippen LogP contribution in [0.5, 0.6) is 0 Å². The molecule has 1 atom stereocenters. The minimum absolute atomic E-state index is 0.0274. The SMILES string of the molecule is CC(C)(C)c1nc(C(O)Cc2cn3ccsc3n2)cs1. The molecule has 0 fully saturated rings. The van der Waals surface area contributed by atoms with Crippen molar-refractivity contribution in [2.75, 3.05) is 0 Å². The Morgan fingerprint density at radius 2 is 2.10 bits per heavy atom. The van der Waals surface area contributed by atoms with E-state index in [-0.39, 0.29) is 5.41 Å². The predicted octanol–water partition coefficient (Wildman–Crippen LogP) is 3.43. The first kappa shape index (κ1) is 13.7. The minimum atomic E-state index is -0.591. The van der Waals surface area contributed by atoms with E-state index in [0.717, 1.165) is 21.4 Å². The lowest BCUT2D eigenvalue weighted by Gasteiger charge is -2.14. The molecule has 1 unspecified atom stereocenters. The van der Waals surface area contributed by atoms with E-state index in [4.69, 9.17) is 0 Å². The average Bonchev–Trinajstić information content (AvgIpc) is 3.01. The van der Waals surface area contributed by atoms with Gasteiger partial charge in [-0.25, -0.2) is 9.97 Å². The molecule has 0 amide bonds. The third kappa shape index (κ3) is 2.63. The lowest BCUT2D eigenvalue weighted by Crippen LogP contribution is -2.11. The van der Waals surface area contributed by atoms with E-state index in [0.29, 0.717) is 6.42 Å². The van der Waals surface area contributed by atoms with Crippen LogP contribution in [-0.4, -0.2) is 19.5 Å². The van der Waals surface area contributed by atoms with Crippen LogP contribution in [0.25, 0.3) is 4.96 Å². The summed E-state index contributed by atoms with van der Waals surface area (Å²) >= 11 is 3.20. The number of aromatic nitrogens is 3. The molecule has 3 rings (SSSR count). The molecular weight excluding hydrogens is 290 g/mol. The van der Waals surface area contributed by atoms with E-state index in [1.807, 2.05) is 27.6 Å². The number of hydrogen-bond acceptors (Lipinski definition) is 5. The molecule has 0 aliphatic rings. The number of nitrogens with zero attached hydrogens (tertiary/aromatic N) is 3. The molecule has 3 heterocycles. The summed E-state index contributed by atoms with van der Waals surface area (Å²) in [6.45, 7) is 6.39. The minimum Gasteiger partial charge on any atom is -0.386 e. The summed E-state index contributed by atoms with van der Waals surface area (Å²) in [6, 6.07) is 0. The summed E-state index contributed by atoms with van der Waals surface area (Å²) < 4.78 is 1.98. The maximum atomic E-state index is 10.3. The smallest absolute Gasteiger partial charge is 0.193 e. The third-order valence-corrected chi connectivity index (χ3v) is 5.11. The van der Waals surface area contributed by atoms with Crippen LogP contribution in [0, 0.1) is 0 Å². The summed E-state index contributed by atoms with van der Waals surface area (Å²) in [5.41, 5.74) is 1.67. The first-order valence-corrected chi connectivity index (χ1v) is 8.24. The second-order valence-corrected chi connectivity index (χ2v) is 7.60. The van der Waals surface area contributed by atoms with Gasteiger partial charge in [0.2, 0.25) is 0 Å². The topological polar surface area (TPSA) is 50.4 Å². The van der Waals surface area contributed by atoms with Crippen molar-refractivity contribution in [1.29, 1.82) is 0 Å². The number of imidazole rings is 1. The highest BCUT2D eigenvalue weighted by atomic mass is 32.1. The fraction of sp³-hybridized carbons (Fsp3) is 0.429. The first-order valence-electron chi connectivity index (χ1n) is 6.48. The fourth-order valence-corrected chi connectivity index (χ4v) is 3.63. The van der Waals surface area contributed by atoms with Crippen molar-refractivity contribution in [2.45, 2.75) is 38.7 Å². The molecule has 1 N–H and O–H groups in total. The van der Waals surface area contributed by atoms with E-state index in [2.05, 4.69) is 30.7 Å². The molecule has 0 aliphatic heterocycles. The van der Waals surface area contributed by atoms with E-state index < -0.39 is 6.10 Å². The van der Waals surface area contributed by atoms with Gasteiger partial charge in [-0.3, -0.25) is 4.40 Å². The maximum Gasteiger partial charge on any atom is 0.193 e. The monoisotopic (exact) mass is 307 g/mol. The Morgan fingerprint density at radius 3 is 2.75 bits per heavy atom. The van der Waals surface area contributed by atoms with Crippen LogP contribution in [-0.2, 0) is 11.8 Å². The van der Waals surface area contributed by atoms with Crippen LogP contribution in [0.4, 0.5) is 0 Å². The summed E-state index contributed by atoms with van der Waals surface area (Å²) in [5, 5.41) is 15.3. The van der Waals surface area contributed by atoms with Crippen molar-refractivity contribution in [2.24, 2.45) is 0 Å². The van der Waals surface area contributed by atoms with Gasteiger partial charge in [-0.2, -0.15) is 0 Å². The molecule has 0 aromatic carbocycles. The van der Waals surface area contributed by atoms with E-state index >= 15 is 0 Å². The molecule has 0 aliphatic carbocycles. The predicted molar refractivity (Wildman–Crippen MR) is 82.5 cm³/mol. The lowest BCUT2D eigenvalue weighted by atomic mass is 9.98. The van der Waals surface area contributed by atoms with Gasteiger partial charge in [-0.05, 0) is 0 Å². The van der Waals surface area contributed by atoms with Crippen molar-refractivity contribution in [3.8, 4) is 0 Å². The number of aliphatic hydroxyl groups is 1. The van der Waals surface area contributed by atoms with E-state index in [9.17, 15) is 5.11 Å². The molecule has 0 bridgehead atoms. The van der Waals surface area contributed by atoms with Crippen molar-refractivity contribution < 1.29 is 5.11 Å². The Morgan fingerprint density at radius 1 is 1.30 bits per heavy atom. The van der Waals surface area contributed by atoms with Gasteiger partial charge in [-0.15, -0.1) is 22.7 Å². The zero-order valence-corrected chi connectivity index (χ0v) is 13.3. The number of thiazole rings is 2. The summed E-state index contributed by atoms with van der Waals surface area (Å²) in [6.07, 6.45) is 3.85. The molecule has 6 heteroatoms. The maximum absolute atomic E-state index is 10.3.